The molecule has 0 radical (unpaired) electrons. The van der Waals surface area contributed by atoms with Crippen molar-refractivity contribution in [1.82, 2.24) is 34.4 Å². The Morgan fingerprint density at radius 2 is 1.89 bits per heavy atom. The Bertz CT molecular complexity index is 1780. The molecule has 1 N–H and O–H groups in total. The number of nitrogens with one attached hydrogen (secondary N) is 1. The van der Waals surface area contributed by atoms with Crippen LogP contribution >= 0.6 is 0 Å². The van der Waals surface area contributed by atoms with E-state index in [1.165, 1.54) is 0 Å². The Labute approximate surface area is 219 Å². The average molecular weight is 506 g/mol. The maximum Gasteiger partial charge on any atom is 0.267 e. The highest BCUT2D eigenvalue weighted by atomic mass is 16.2. The van der Waals surface area contributed by atoms with Gasteiger partial charge in [-0.15, -0.1) is 0 Å². The standard InChI is InChI=1S/C29H27N7O2/c1-19-24(27-30-16-10-18-35(27)33-19)28(37)31-20(2)26-32-23-15-8-11-21(12-9-17-34(3)4)25(23)29(38)36(26)22-13-6-5-7-14-22/h5-8,10-11,13-16,18,20H,17H2,1-4H3,(H,31,37)/t20-/m1/s1. The molecule has 0 saturated heterocycles. The van der Waals surface area contributed by atoms with E-state index in [0.29, 0.717) is 51.4 Å². The van der Waals surface area contributed by atoms with E-state index in [1.54, 1.807) is 47.5 Å². The van der Waals surface area contributed by atoms with Crippen molar-refractivity contribution in [2.75, 3.05) is 20.6 Å². The minimum absolute atomic E-state index is 0.249. The first-order valence-corrected chi connectivity index (χ1v) is 12.2. The van der Waals surface area contributed by atoms with Crippen molar-refractivity contribution in [2.45, 2.75) is 19.9 Å². The van der Waals surface area contributed by atoms with E-state index >= 15 is 0 Å². The molecule has 0 aliphatic carbocycles. The summed E-state index contributed by atoms with van der Waals surface area (Å²) in [5.41, 5.74) is 2.93. The zero-order valence-corrected chi connectivity index (χ0v) is 21.6. The van der Waals surface area contributed by atoms with Crippen LogP contribution in [0.4, 0.5) is 0 Å². The molecule has 9 nitrogen and oxygen atoms in total. The van der Waals surface area contributed by atoms with Crippen molar-refractivity contribution < 1.29 is 4.79 Å². The summed E-state index contributed by atoms with van der Waals surface area (Å²) in [6.45, 7) is 4.14. The van der Waals surface area contributed by atoms with Gasteiger partial charge in [-0.3, -0.25) is 19.1 Å². The van der Waals surface area contributed by atoms with Crippen molar-refractivity contribution in [1.29, 1.82) is 0 Å². The molecule has 9 heteroatoms. The Hall–Kier alpha value is -4.81. The minimum Gasteiger partial charge on any atom is -0.342 e. The highest BCUT2D eigenvalue weighted by molar-refractivity contribution is 6.01. The van der Waals surface area contributed by atoms with Crippen molar-refractivity contribution in [3.05, 3.63) is 100.0 Å². The molecule has 38 heavy (non-hydrogen) atoms. The molecular formula is C29H27N7O2. The molecule has 3 aromatic heterocycles. The van der Waals surface area contributed by atoms with Gasteiger partial charge in [0.1, 0.15) is 11.4 Å². The Kier molecular flexibility index (Phi) is 6.73. The summed E-state index contributed by atoms with van der Waals surface area (Å²) < 4.78 is 3.12. The number of benzene rings is 2. The van der Waals surface area contributed by atoms with Gasteiger partial charge >= 0.3 is 0 Å². The second-order valence-corrected chi connectivity index (χ2v) is 9.23. The predicted molar refractivity (Wildman–Crippen MR) is 146 cm³/mol. The SMILES string of the molecule is Cc1nn2cccnc2c1C(=O)N[C@H](C)c1nc2cccc(C#CCN(C)C)c2c(=O)n1-c1ccccc1. The summed E-state index contributed by atoms with van der Waals surface area (Å²) in [4.78, 5) is 38.6. The molecule has 0 bridgehead atoms. The lowest BCUT2D eigenvalue weighted by molar-refractivity contribution is 0.0938. The average Bonchev–Trinajstić information content (AvgIpc) is 3.24. The second kappa shape index (κ2) is 10.3. The number of rotatable bonds is 5. The topological polar surface area (TPSA) is 97.4 Å². The van der Waals surface area contributed by atoms with Crippen LogP contribution in [0.1, 0.15) is 40.4 Å². The van der Waals surface area contributed by atoms with Crippen LogP contribution < -0.4 is 10.9 Å². The van der Waals surface area contributed by atoms with Crippen molar-refractivity contribution >= 4 is 22.5 Å². The lowest BCUT2D eigenvalue weighted by Gasteiger charge is -2.20. The molecule has 0 fully saturated rings. The van der Waals surface area contributed by atoms with Gasteiger partial charge in [-0.1, -0.05) is 36.1 Å². The van der Waals surface area contributed by atoms with Crippen LogP contribution in [0.25, 0.3) is 22.2 Å². The van der Waals surface area contributed by atoms with E-state index in [4.69, 9.17) is 4.98 Å². The van der Waals surface area contributed by atoms with Crippen LogP contribution in [0.5, 0.6) is 0 Å². The van der Waals surface area contributed by atoms with E-state index in [9.17, 15) is 9.59 Å². The predicted octanol–water partition coefficient (Wildman–Crippen LogP) is 3.14. The molecule has 1 amide bonds. The van der Waals surface area contributed by atoms with Gasteiger partial charge in [0, 0.05) is 18.0 Å². The summed E-state index contributed by atoms with van der Waals surface area (Å²) in [6, 6.07) is 15.9. The molecule has 5 aromatic rings. The van der Waals surface area contributed by atoms with Gasteiger partial charge in [0.15, 0.2) is 5.65 Å². The van der Waals surface area contributed by atoms with Crippen molar-refractivity contribution in [2.24, 2.45) is 0 Å². The van der Waals surface area contributed by atoms with E-state index in [0.717, 1.165) is 0 Å². The third kappa shape index (κ3) is 4.65. The van der Waals surface area contributed by atoms with Crippen LogP contribution in [0.2, 0.25) is 0 Å². The molecule has 1 atom stereocenters. The quantitative estimate of drug-likeness (QED) is 0.369. The van der Waals surface area contributed by atoms with Crippen LogP contribution in [0.15, 0.2) is 71.8 Å². The molecule has 0 unspecified atom stereocenters. The number of nitrogens with zero attached hydrogens (tertiary/aromatic N) is 6. The zero-order valence-electron chi connectivity index (χ0n) is 21.6. The first-order valence-electron chi connectivity index (χ1n) is 12.2. The molecule has 0 aliphatic heterocycles. The van der Waals surface area contributed by atoms with Gasteiger partial charge in [0.25, 0.3) is 11.5 Å². The maximum absolute atomic E-state index is 14.0. The lowest BCUT2D eigenvalue weighted by atomic mass is 10.1. The van der Waals surface area contributed by atoms with E-state index in [-0.39, 0.29) is 11.5 Å². The van der Waals surface area contributed by atoms with Crippen LogP contribution in [0, 0.1) is 18.8 Å². The van der Waals surface area contributed by atoms with Gasteiger partial charge in [-0.2, -0.15) is 5.10 Å². The number of carbonyl (C=O) groups excluding carboxylic acids is 1. The monoisotopic (exact) mass is 505 g/mol. The van der Waals surface area contributed by atoms with Crippen molar-refractivity contribution in [3.8, 4) is 17.5 Å². The number of hydrogen-bond acceptors (Lipinski definition) is 6. The highest BCUT2D eigenvalue weighted by Gasteiger charge is 2.24. The van der Waals surface area contributed by atoms with Gasteiger partial charge in [0.2, 0.25) is 0 Å². The zero-order chi connectivity index (χ0) is 26.8. The van der Waals surface area contributed by atoms with Crippen LogP contribution in [-0.4, -0.2) is 55.6 Å². The second-order valence-electron chi connectivity index (χ2n) is 9.23. The molecule has 3 heterocycles. The molecule has 0 saturated carbocycles. The fraction of sp³-hybridized carbons (Fsp3) is 0.207. The summed E-state index contributed by atoms with van der Waals surface area (Å²) in [7, 11) is 3.88. The van der Waals surface area contributed by atoms with Gasteiger partial charge in [0.05, 0.1) is 34.9 Å². The summed E-state index contributed by atoms with van der Waals surface area (Å²) >= 11 is 0. The molecule has 0 aliphatic rings. The third-order valence-electron chi connectivity index (χ3n) is 6.09. The first-order chi connectivity index (χ1) is 18.3. The number of para-hydroxylation sites is 1. The largest absolute Gasteiger partial charge is 0.342 e. The summed E-state index contributed by atoms with van der Waals surface area (Å²) in [5.74, 6) is 6.30. The summed E-state index contributed by atoms with van der Waals surface area (Å²) in [5, 5.41) is 7.83. The van der Waals surface area contributed by atoms with Gasteiger partial charge in [-0.25, -0.2) is 14.5 Å². The number of carbonyl (C=O) groups is 1. The Balaban J connectivity index is 1.63. The van der Waals surface area contributed by atoms with Crippen LogP contribution in [-0.2, 0) is 0 Å². The third-order valence-corrected chi connectivity index (χ3v) is 6.09. The molecular weight excluding hydrogens is 478 g/mol. The van der Waals surface area contributed by atoms with Gasteiger partial charge < -0.3 is 5.32 Å². The number of amides is 1. The molecule has 2 aromatic carbocycles. The Morgan fingerprint density at radius 1 is 1.11 bits per heavy atom. The number of aromatic nitrogens is 5. The Morgan fingerprint density at radius 3 is 2.66 bits per heavy atom. The maximum atomic E-state index is 14.0. The van der Waals surface area contributed by atoms with E-state index in [1.807, 2.05) is 61.5 Å². The molecule has 5 rings (SSSR count). The fourth-order valence-electron chi connectivity index (χ4n) is 4.36. The highest BCUT2D eigenvalue weighted by Crippen LogP contribution is 2.21. The number of fused-ring (bicyclic) bond motifs is 2. The smallest absolute Gasteiger partial charge is 0.267 e. The van der Waals surface area contributed by atoms with Gasteiger partial charge in [-0.05, 0) is 58.3 Å². The van der Waals surface area contributed by atoms with E-state index < -0.39 is 6.04 Å². The normalized spacial score (nSPS) is 11.9. The lowest BCUT2D eigenvalue weighted by Crippen LogP contribution is -2.33. The molecule has 0 spiro atoms. The van der Waals surface area contributed by atoms with Crippen LogP contribution in [0.3, 0.4) is 0 Å². The number of hydrogen-bond donors (Lipinski definition) is 1. The number of aryl methyl sites for hydroxylation is 1. The van der Waals surface area contributed by atoms with Crippen molar-refractivity contribution in [3.63, 3.8) is 0 Å². The summed E-state index contributed by atoms with van der Waals surface area (Å²) in [6.07, 6.45) is 3.36. The van der Waals surface area contributed by atoms with E-state index in [2.05, 4.69) is 27.2 Å². The molecule has 190 valence electrons. The minimum atomic E-state index is -0.610. The first kappa shape index (κ1) is 24.9. The fourth-order valence-corrected chi connectivity index (χ4v) is 4.36.